The van der Waals surface area contributed by atoms with Crippen molar-refractivity contribution in [3.05, 3.63) is 28.8 Å². The highest BCUT2D eigenvalue weighted by Gasteiger charge is 2.32. The van der Waals surface area contributed by atoms with Crippen LogP contribution in [0.2, 0.25) is 0 Å². The molecule has 3 heterocycles. The van der Waals surface area contributed by atoms with Crippen LogP contribution < -0.4 is 15.5 Å². The van der Waals surface area contributed by atoms with Crippen molar-refractivity contribution in [3.63, 3.8) is 0 Å². The standard InChI is InChI=1S/C15H20N6O2S/c1-10(13-16-6-9-24-13)17-15(23)18-11-4-3-7-21(14(11)22)12-5-8-20(2)19-12/h5-6,8-11H,3-4,7H2,1-2H3,(H2,17,18,23). The van der Waals surface area contributed by atoms with Crippen LogP contribution in [0.3, 0.4) is 0 Å². The number of amides is 3. The van der Waals surface area contributed by atoms with Gasteiger partial charge in [0.1, 0.15) is 11.0 Å². The van der Waals surface area contributed by atoms with E-state index < -0.39 is 6.04 Å². The number of nitrogens with zero attached hydrogens (tertiary/aromatic N) is 4. The minimum Gasteiger partial charge on any atom is -0.329 e. The average molecular weight is 348 g/mol. The van der Waals surface area contributed by atoms with Crippen molar-refractivity contribution in [2.75, 3.05) is 11.4 Å². The topological polar surface area (TPSA) is 92.2 Å². The fourth-order valence-corrected chi connectivity index (χ4v) is 3.34. The van der Waals surface area contributed by atoms with Gasteiger partial charge >= 0.3 is 6.03 Å². The van der Waals surface area contributed by atoms with Gasteiger partial charge < -0.3 is 10.6 Å². The van der Waals surface area contributed by atoms with Crippen LogP contribution in [-0.4, -0.2) is 39.3 Å². The molecule has 0 radical (unpaired) electrons. The first-order valence-electron chi connectivity index (χ1n) is 7.82. The minimum atomic E-state index is -0.538. The van der Waals surface area contributed by atoms with Crippen molar-refractivity contribution in [3.8, 4) is 0 Å². The zero-order chi connectivity index (χ0) is 17.1. The zero-order valence-electron chi connectivity index (χ0n) is 13.6. The van der Waals surface area contributed by atoms with E-state index in [1.807, 2.05) is 12.3 Å². The molecule has 0 aromatic carbocycles. The van der Waals surface area contributed by atoms with Crippen molar-refractivity contribution in [2.45, 2.75) is 31.8 Å². The van der Waals surface area contributed by atoms with Crippen LogP contribution in [0, 0.1) is 0 Å². The lowest BCUT2D eigenvalue weighted by Gasteiger charge is -2.31. The Morgan fingerprint density at radius 3 is 3.00 bits per heavy atom. The smallest absolute Gasteiger partial charge is 0.315 e. The van der Waals surface area contributed by atoms with Crippen LogP contribution in [0.1, 0.15) is 30.8 Å². The molecule has 128 valence electrons. The van der Waals surface area contributed by atoms with Gasteiger partial charge in [-0.1, -0.05) is 0 Å². The Labute approximate surface area is 143 Å². The molecule has 3 rings (SSSR count). The molecule has 1 saturated heterocycles. The predicted molar refractivity (Wildman–Crippen MR) is 90.8 cm³/mol. The van der Waals surface area contributed by atoms with Gasteiger partial charge in [-0.15, -0.1) is 11.3 Å². The van der Waals surface area contributed by atoms with E-state index in [0.717, 1.165) is 11.4 Å². The zero-order valence-corrected chi connectivity index (χ0v) is 14.4. The largest absolute Gasteiger partial charge is 0.329 e. The lowest BCUT2D eigenvalue weighted by Crippen LogP contribution is -2.54. The van der Waals surface area contributed by atoms with Gasteiger partial charge in [-0.05, 0) is 19.8 Å². The molecule has 0 saturated carbocycles. The van der Waals surface area contributed by atoms with Gasteiger partial charge in [0.05, 0.1) is 6.04 Å². The first-order chi connectivity index (χ1) is 11.5. The van der Waals surface area contributed by atoms with Crippen LogP contribution in [0.25, 0.3) is 0 Å². The second-order valence-corrected chi connectivity index (χ2v) is 6.67. The van der Waals surface area contributed by atoms with Crippen LogP contribution in [-0.2, 0) is 11.8 Å². The van der Waals surface area contributed by atoms with E-state index in [4.69, 9.17) is 0 Å². The summed E-state index contributed by atoms with van der Waals surface area (Å²) in [5, 5.41) is 12.5. The Morgan fingerprint density at radius 1 is 1.50 bits per heavy atom. The number of rotatable bonds is 4. The highest BCUT2D eigenvalue weighted by atomic mass is 32.1. The summed E-state index contributed by atoms with van der Waals surface area (Å²) in [5.74, 6) is 0.488. The first kappa shape index (κ1) is 16.4. The summed E-state index contributed by atoms with van der Waals surface area (Å²) in [7, 11) is 1.81. The molecule has 2 N–H and O–H groups in total. The van der Waals surface area contributed by atoms with E-state index in [2.05, 4.69) is 20.7 Å². The maximum Gasteiger partial charge on any atom is 0.315 e. The van der Waals surface area contributed by atoms with Gasteiger partial charge in [-0.2, -0.15) is 5.10 Å². The molecule has 1 fully saturated rings. The molecule has 1 aliphatic rings. The average Bonchev–Trinajstić information content (AvgIpc) is 3.21. The van der Waals surface area contributed by atoms with Crippen molar-refractivity contribution < 1.29 is 9.59 Å². The summed E-state index contributed by atoms with van der Waals surface area (Å²) in [6.07, 6.45) is 4.93. The Hall–Kier alpha value is -2.42. The molecular weight excluding hydrogens is 328 g/mol. The second-order valence-electron chi connectivity index (χ2n) is 5.74. The molecule has 24 heavy (non-hydrogen) atoms. The van der Waals surface area contributed by atoms with Crippen LogP contribution in [0.5, 0.6) is 0 Å². The lowest BCUT2D eigenvalue weighted by atomic mass is 10.1. The Bertz CT molecular complexity index is 713. The molecule has 0 spiro atoms. The molecule has 2 unspecified atom stereocenters. The molecule has 0 aliphatic carbocycles. The Balaban J connectivity index is 1.60. The second kappa shape index (κ2) is 7.00. The van der Waals surface area contributed by atoms with E-state index in [1.54, 1.807) is 35.1 Å². The Kier molecular flexibility index (Phi) is 4.79. The highest BCUT2D eigenvalue weighted by molar-refractivity contribution is 7.09. The number of nitrogens with one attached hydrogen (secondary N) is 2. The summed E-state index contributed by atoms with van der Waals surface area (Å²) >= 11 is 1.48. The number of thiazole rings is 1. The lowest BCUT2D eigenvalue weighted by molar-refractivity contribution is -0.121. The number of hydrogen-bond acceptors (Lipinski definition) is 5. The van der Waals surface area contributed by atoms with E-state index in [-0.39, 0.29) is 18.0 Å². The number of piperidine rings is 1. The molecule has 3 amide bonds. The van der Waals surface area contributed by atoms with Crippen molar-refractivity contribution in [1.29, 1.82) is 0 Å². The van der Waals surface area contributed by atoms with Gasteiger partial charge in [0.25, 0.3) is 5.91 Å². The molecule has 9 heteroatoms. The number of anilines is 1. The van der Waals surface area contributed by atoms with Crippen LogP contribution in [0.15, 0.2) is 23.8 Å². The summed E-state index contributed by atoms with van der Waals surface area (Å²) < 4.78 is 1.65. The third-order valence-corrected chi connectivity index (χ3v) is 4.85. The summed E-state index contributed by atoms with van der Waals surface area (Å²) in [4.78, 5) is 30.6. The maximum atomic E-state index is 12.6. The third kappa shape index (κ3) is 3.56. The molecule has 2 atom stereocenters. The van der Waals surface area contributed by atoms with E-state index in [0.29, 0.717) is 18.8 Å². The minimum absolute atomic E-state index is 0.128. The monoisotopic (exact) mass is 348 g/mol. The van der Waals surface area contributed by atoms with Gasteiger partial charge in [-0.3, -0.25) is 14.4 Å². The van der Waals surface area contributed by atoms with Gasteiger partial charge in [-0.25, -0.2) is 9.78 Å². The fraction of sp³-hybridized carbons (Fsp3) is 0.467. The van der Waals surface area contributed by atoms with Crippen LogP contribution >= 0.6 is 11.3 Å². The molecule has 1 aliphatic heterocycles. The number of carbonyl (C=O) groups excluding carboxylic acids is 2. The van der Waals surface area contributed by atoms with Gasteiger partial charge in [0, 0.05) is 37.4 Å². The summed E-state index contributed by atoms with van der Waals surface area (Å²) in [6, 6.07) is 0.698. The van der Waals surface area contributed by atoms with Crippen molar-refractivity contribution in [2.24, 2.45) is 7.05 Å². The Morgan fingerprint density at radius 2 is 2.33 bits per heavy atom. The third-order valence-electron chi connectivity index (χ3n) is 3.89. The number of urea groups is 1. The number of hydrogen-bond donors (Lipinski definition) is 2. The molecule has 0 bridgehead atoms. The number of aryl methyl sites for hydroxylation is 1. The van der Waals surface area contributed by atoms with E-state index in [1.165, 1.54) is 11.3 Å². The summed E-state index contributed by atoms with van der Waals surface area (Å²) in [5.41, 5.74) is 0. The number of carbonyl (C=O) groups is 2. The first-order valence-corrected chi connectivity index (χ1v) is 8.70. The molecule has 8 nitrogen and oxygen atoms in total. The van der Waals surface area contributed by atoms with Gasteiger partial charge in [0.2, 0.25) is 0 Å². The molecule has 2 aromatic heterocycles. The van der Waals surface area contributed by atoms with E-state index in [9.17, 15) is 9.59 Å². The van der Waals surface area contributed by atoms with E-state index >= 15 is 0 Å². The number of aromatic nitrogens is 3. The van der Waals surface area contributed by atoms with Crippen molar-refractivity contribution >= 4 is 29.1 Å². The fourth-order valence-electron chi connectivity index (χ4n) is 2.69. The summed E-state index contributed by atoms with van der Waals surface area (Å²) in [6.45, 7) is 2.48. The van der Waals surface area contributed by atoms with Crippen LogP contribution in [0.4, 0.5) is 10.6 Å². The molecule has 2 aromatic rings. The SMILES string of the molecule is CC(NC(=O)NC1CCCN(c2ccn(C)n2)C1=O)c1nccs1. The van der Waals surface area contributed by atoms with Gasteiger partial charge in [0.15, 0.2) is 5.82 Å². The molecular formula is C15H20N6O2S. The predicted octanol–water partition coefficient (Wildman–Crippen LogP) is 1.43. The maximum absolute atomic E-state index is 12.6. The quantitative estimate of drug-likeness (QED) is 0.874. The highest BCUT2D eigenvalue weighted by Crippen LogP contribution is 2.19. The van der Waals surface area contributed by atoms with Crippen molar-refractivity contribution in [1.82, 2.24) is 25.4 Å². The normalized spacial score (nSPS) is 19.2.